The summed E-state index contributed by atoms with van der Waals surface area (Å²) in [6, 6.07) is 2.42. The highest BCUT2D eigenvalue weighted by Gasteiger charge is 2.25. The highest BCUT2D eigenvalue weighted by atomic mass is 16.5. The van der Waals surface area contributed by atoms with Gasteiger partial charge in [0.2, 0.25) is 0 Å². The van der Waals surface area contributed by atoms with Crippen molar-refractivity contribution in [3.05, 3.63) is 18.0 Å². The molecule has 1 aliphatic rings. The summed E-state index contributed by atoms with van der Waals surface area (Å²) in [5, 5.41) is 3.26. The molecule has 1 N–H and O–H groups in total. The highest BCUT2D eigenvalue weighted by molar-refractivity contribution is 5.42. The van der Waals surface area contributed by atoms with E-state index in [1.807, 2.05) is 13.1 Å². The van der Waals surface area contributed by atoms with E-state index in [9.17, 15) is 0 Å². The lowest BCUT2D eigenvalue weighted by atomic mass is 10.2. The number of nitrogens with one attached hydrogen (secondary N) is 1. The number of hydrogen-bond acceptors (Lipinski definition) is 5. The Hall–Kier alpha value is -1.33. The third kappa shape index (κ3) is 3.16. The highest BCUT2D eigenvalue weighted by Crippen LogP contribution is 2.31. The molecule has 0 aromatic carbocycles. The SMILES string of the molecule is CNCC1CCCN1Cc1nccc(OC)c1OC. The fraction of sp³-hybridized carbons (Fsp3) is 0.643. The van der Waals surface area contributed by atoms with Gasteiger partial charge in [-0.2, -0.15) is 0 Å². The predicted molar refractivity (Wildman–Crippen MR) is 74.7 cm³/mol. The second-order valence-electron chi connectivity index (χ2n) is 4.82. The number of hydrogen-bond donors (Lipinski definition) is 1. The summed E-state index contributed by atoms with van der Waals surface area (Å²) in [5.74, 6) is 1.50. The summed E-state index contributed by atoms with van der Waals surface area (Å²) in [6.45, 7) is 2.95. The molecule has 0 spiro atoms. The number of methoxy groups -OCH3 is 2. The van der Waals surface area contributed by atoms with Crippen molar-refractivity contribution in [1.82, 2.24) is 15.2 Å². The number of likely N-dealkylation sites (tertiary alicyclic amines) is 1. The van der Waals surface area contributed by atoms with Gasteiger partial charge in [-0.3, -0.25) is 9.88 Å². The average molecular weight is 265 g/mol. The van der Waals surface area contributed by atoms with E-state index in [1.54, 1.807) is 20.4 Å². The van der Waals surface area contributed by atoms with Gasteiger partial charge < -0.3 is 14.8 Å². The first-order valence-electron chi connectivity index (χ1n) is 6.74. The lowest BCUT2D eigenvalue weighted by molar-refractivity contribution is 0.234. The monoisotopic (exact) mass is 265 g/mol. The summed E-state index contributed by atoms with van der Waals surface area (Å²) < 4.78 is 10.8. The van der Waals surface area contributed by atoms with Crippen LogP contribution in [0, 0.1) is 0 Å². The van der Waals surface area contributed by atoms with Gasteiger partial charge in [-0.05, 0) is 26.4 Å². The minimum absolute atomic E-state index is 0.586. The third-order valence-electron chi connectivity index (χ3n) is 3.66. The molecule has 1 unspecified atom stereocenters. The van der Waals surface area contributed by atoms with Crippen LogP contribution in [-0.2, 0) is 6.54 Å². The van der Waals surface area contributed by atoms with E-state index < -0.39 is 0 Å². The predicted octanol–water partition coefficient (Wildman–Crippen LogP) is 1.28. The van der Waals surface area contributed by atoms with E-state index in [0.29, 0.717) is 6.04 Å². The minimum atomic E-state index is 0.586. The van der Waals surface area contributed by atoms with E-state index in [-0.39, 0.29) is 0 Å². The van der Waals surface area contributed by atoms with Crippen LogP contribution in [0.4, 0.5) is 0 Å². The van der Waals surface area contributed by atoms with Crippen LogP contribution < -0.4 is 14.8 Å². The quantitative estimate of drug-likeness (QED) is 0.839. The molecule has 1 aliphatic heterocycles. The van der Waals surface area contributed by atoms with Crippen LogP contribution in [0.25, 0.3) is 0 Å². The standard InChI is InChI=1S/C14H23N3O2/c1-15-9-11-5-4-8-17(11)10-12-14(19-3)13(18-2)6-7-16-12/h6-7,11,15H,4-5,8-10H2,1-3H3. The molecule has 106 valence electrons. The van der Waals surface area contributed by atoms with Crippen molar-refractivity contribution in [3.8, 4) is 11.5 Å². The lowest BCUT2D eigenvalue weighted by Crippen LogP contribution is -2.36. The van der Waals surface area contributed by atoms with E-state index >= 15 is 0 Å². The molecule has 1 atom stereocenters. The Balaban J connectivity index is 2.14. The second-order valence-corrected chi connectivity index (χ2v) is 4.82. The van der Waals surface area contributed by atoms with E-state index in [4.69, 9.17) is 9.47 Å². The molecule has 0 saturated carbocycles. The average Bonchev–Trinajstić information content (AvgIpc) is 2.86. The van der Waals surface area contributed by atoms with E-state index in [2.05, 4.69) is 15.2 Å². The Kier molecular flexibility index (Phi) is 4.99. The molecule has 1 saturated heterocycles. The van der Waals surface area contributed by atoms with Gasteiger partial charge in [0.05, 0.1) is 14.2 Å². The summed E-state index contributed by atoms with van der Waals surface area (Å²) >= 11 is 0. The number of ether oxygens (including phenoxy) is 2. The van der Waals surface area contributed by atoms with Gasteiger partial charge in [0.15, 0.2) is 11.5 Å². The zero-order valence-electron chi connectivity index (χ0n) is 12.0. The minimum Gasteiger partial charge on any atom is -0.493 e. The zero-order chi connectivity index (χ0) is 13.7. The molecule has 0 bridgehead atoms. The Bertz CT molecular complexity index is 412. The molecule has 0 amide bonds. The van der Waals surface area contributed by atoms with Crippen molar-refractivity contribution < 1.29 is 9.47 Å². The Labute approximate surface area is 114 Å². The van der Waals surface area contributed by atoms with Crippen LogP contribution in [0.2, 0.25) is 0 Å². The number of pyridine rings is 1. The van der Waals surface area contributed by atoms with Gasteiger partial charge in [-0.25, -0.2) is 0 Å². The van der Waals surface area contributed by atoms with E-state index in [0.717, 1.165) is 36.8 Å². The molecule has 1 aromatic heterocycles. The van der Waals surface area contributed by atoms with Crippen molar-refractivity contribution in [2.75, 3.05) is 34.4 Å². The van der Waals surface area contributed by atoms with Crippen LogP contribution in [0.3, 0.4) is 0 Å². The molecule has 5 heteroatoms. The maximum atomic E-state index is 5.44. The third-order valence-corrected chi connectivity index (χ3v) is 3.66. The van der Waals surface area contributed by atoms with E-state index in [1.165, 1.54) is 12.8 Å². The smallest absolute Gasteiger partial charge is 0.183 e. The van der Waals surface area contributed by atoms with Crippen LogP contribution in [-0.4, -0.2) is 50.3 Å². The molecule has 0 radical (unpaired) electrons. The normalized spacial score (nSPS) is 19.6. The fourth-order valence-corrected chi connectivity index (χ4v) is 2.73. The van der Waals surface area contributed by atoms with Gasteiger partial charge in [0.1, 0.15) is 5.69 Å². The van der Waals surface area contributed by atoms with Gasteiger partial charge in [0, 0.05) is 31.4 Å². The molecular weight excluding hydrogens is 242 g/mol. The molecule has 5 nitrogen and oxygen atoms in total. The fourth-order valence-electron chi connectivity index (χ4n) is 2.73. The number of nitrogens with zero attached hydrogens (tertiary/aromatic N) is 2. The van der Waals surface area contributed by atoms with Gasteiger partial charge >= 0.3 is 0 Å². The second kappa shape index (κ2) is 6.73. The molecule has 0 aliphatic carbocycles. The first-order valence-corrected chi connectivity index (χ1v) is 6.74. The summed E-state index contributed by atoms with van der Waals surface area (Å²) in [7, 11) is 5.32. The zero-order valence-corrected chi connectivity index (χ0v) is 12.0. The maximum Gasteiger partial charge on any atom is 0.183 e. The van der Waals surface area contributed by atoms with Gasteiger partial charge in [0.25, 0.3) is 0 Å². The molecular formula is C14H23N3O2. The van der Waals surface area contributed by atoms with Gasteiger partial charge in [-0.15, -0.1) is 0 Å². The molecule has 1 fully saturated rings. The maximum absolute atomic E-state index is 5.44. The van der Waals surface area contributed by atoms with Crippen molar-refractivity contribution in [2.24, 2.45) is 0 Å². The van der Waals surface area contributed by atoms with Crippen molar-refractivity contribution in [2.45, 2.75) is 25.4 Å². The van der Waals surface area contributed by atoms with Crippen molar-refractivity contribution in [3.63, 3.8) is 0 Å². The first-order chi connectivity index (χ1) is 9.30. The van der Waals surface area contributed by atoms with Gasteiger partial charge in [-0.1, -0.05) is 0 Å². The summed E-state index contributed by atoms with van der Waals surface area (Å²) in [5.41, 5.74) is 0.949. The number of likely N-dealkylation sites (N-methyl/N-ethyl adjacent to an activating group) is 1. The first kappa shape index (κ1) is 14.1. The number of aromatic nitrogens is 1. The molecule has 1 aromatic rings. The number of rotatable bonds is 6. The van der Waals surface area contributed by atoms with Crippen LogP contribution in [0.15, 0.2) is 12.3 Å². The molecule has 19 heavy (non-hydrogen) atoms. The van der Waals surface area contributed by atoms with Crippen LogP contribution in [0.1, 0.15) is 18.5 Å². The van der Waals surface area contributed by atoms with Crippen LogP contribution >= 0.6 is 0 Å². The Morgan fingerprint density at radius 3 is 2.95 bits per heavy atom. The van der Waals surface area contributed by atoms with Crippen LogP contribution in [0.5, 0.6) is 11.5 Å². The van der Waals surface area contributed by atoms with Crippen molar-refractivity contribution in [1.29, 1.82) is 0 Å². The summed E-state index contributed by atoms with van der Waals surface area (Å²) in [6.07, 6.45) is 4.27. The van der Waals surface area contributed by atoms with Crippen molar-refractivity contribution >= 4 is 0 Å². The summed E-state index contributed by atoms with van der Waals surface area (Å²) in [4.78, 5) is 6.91. The topological polar surface area (TPSA) is 46.6 Å². The largest absolute Gasteiger partial charge is 0.493 e. The Morgan fingerprint density at radius 2 is 2.26 bits per heavy atom. The molecule has 2 rings (SSSR count). The lowest BCUT2D eigenvalue weighted by Gasteiger charge is -2.24. The molecule has 2 heterocycles. The Morgan fingerprint density at radius 1 is 1.42 bits per heavy atom.